The molecule has 0 fully saturated rings. The third kappa shape index (κ3) is 5.84. The lowest BCUT2D eigenvalue weighted by Crippen LogP contribution is -2.27. The van der Waals surface area contributed by atoms with Crippen molar-refractivity contribution in [3.8, 4) is 11.4 Å². The van der Waals surface area contributed by atoms with E-state index in [4.69, 9.17) is 0 Å². The van der Waals surface area contributed by atoms with E-state index < -0.39 is 40.8 Å². The van der Waals surface area contributed by atoms with Gasteiger partial charge in [0.05, 0.1) is 39.7 Å². The highest BCUT2D eigenvalue weighted by Gasteiger charge is 2.37. The van der Waals surface area contributed by atoms with E-state index in [1.54, 1.807) is 18.1 Å². The average Bonchev–Trinajstić information content (AvgIpc) is 2.84. The van der Waals surface area contributed by atoms with Crippen LogP contribution in [0.25, 0.3) is 22.3 Å². The van der Waals surface area contributed by atoms with Crippen molar-refractivity contribution in [1.29, 1.82) is 0 Å². The number of aromatic nitrogens is 5. The van der Waals surface area contributed by atoms with Crippen LogP contribution in [-0.4, -0.2) is 30.8 Å². The van der Waals surface area contributed by atoms with Gasteiger partial charge >= 0.3 is 12.4 Å². The van der Waals surface area contributed by atoms with Gasteiger partial charge in [-0.25, -0.2) is 10.1 Å². The second-order valence-corrected chi connectivity index (χ2v) is 8.55. The lowest BCUT2D eigenvalue weighted by molar-refractivity contribution is -0.138. The second-order valence-electron chi connectivity index (χ2n) is 8.55. The molecule has 4 rings (SSSR count). The molecule has 0 aliphatic carbocycles. The van der Waals surface area contributed by atoms with Gasteiger partial charge in [-0.05, 0) is 50.1 Å². The number of fused-ring (bicyclic) bond motifs is 1. The minimum absolute atomic E-state index is 0.217. The number of halogens is 6. The summed E-state index contributed by atoms with van der Waals surface area (Å²) < 4.78 is 79.4. The quantitative estimate of drug-likeness (QED) is 0.326. The molecule has 4 heterocycles. The van der Waals surface area contributed by atoms with Crippen molar-refractivity contribution >= 4 is 16.6 Å². The van der Waals surface area contributed by atoms with Gasteiger partial charge in [0.15, 0.2) is 0 Å². The number of aromatic amines is 1. The number of alkyl halides is 6. The van der Waals surface area contributed by atoms with E-state index in [0.717, 1.165) is 12.3 Å². The Labute approximate surface area is 210 Å². The van der Waals surface area contributed by atoms with Gasteiger partial charge in [-0.15, -0.1) is 0 Å². The van der Waals surface area contributed by atoms with Crippen LogP contribution < -0.4 is 16.4 Å². The molecule has 200 valence electrons. The van der Waals surface area contributed by atoms with Gasteiger partial charge < -0.3 is 9.88 Å². The summed E-state index contributed by atoms with van der Waals surface area (Å²) in [5.41, 5.74) is -3.51. The zero-order valence-electron chi connectivity index (χ0n) is 19.7. The Morgan fingerprint density at radius 2 is 1.71 bits per heavy atom. The molecule has 1 atom stereocenters. The first-order valence-electron chi connectivity index (χ1n) is 11.3. The fourth-order valence-electron chi connectivity index (χ4n) is 3.89. The Hall–Kier alpha value is -4.23. The molecule has 0 aromatic carbocycles. The third-order valence-electron chi connectivity index (χ3n) is 5.76. The molecule has 0 spiro atoms. The van der Waals surface area contributed by atoms with E-state index in [-0.39, 0.29) is 17.8 Å². The first-order chi connectivity index (χ1) is 17.8. The molecule has 14 heteroatoms. The van der Waals surface area contributed by atoms with Crippen LogP contribution in [0.3, 0.4) is 0 Å². The van der Waals surface area contributed by atoms with E-state index >= 15 is 0 Å². The van der Waals surface area contributed by atoms with Gasteiger partial charge in [0, 0.05) is 25.0 Å². The van der Waals surface area contributed by atoms with Crippen molar-refractivity contribution in [2.75, 3.05) is 5.32 Å². The SMILES string of the molecule is CC(CCCn1ccc2nc(-c3ccc(C(F)(F)F)cn3)ccc2c1=O)Nc1cn[nH]c(=O)c1C(F)(F)F. The number of aryl methyl sites for hydroxylation is 1. The van der Waals surface area contributed by atoms with Crippen molar-refractivity contribution in [3.05, 3.63) is 80.8 Å². The van der Waals surface area contributed by atoms with E-state index in [2.05, 4.69) is 20.4 Å². The summed E-state index contributed by atoms with van der Waals surface area (Å²) in [6.45, 7) is 1.91. The van der Waals surface area contributed by atoms with Gasteiger partial charge in [-0.1, -0.05) is 0 Å². The van der Waals surface area contributed by atoms with Gasteiger partial charge in [0.2, 0.25) is 0 Å². The number of nitrogens with zero attached hydrogens (tertiary/aromatic N) is 4. The smallest absolute Gasteiger partial charge is 0.381 e. The Kier molecular flexibility index (Phi) is 7.24. The highest BCUT2D eigenvalue weighted by atomic mass is 19.4. The molecular formula is C24H20F6N6O2. The van der Waals surface area contributed by atoms with Gasteiger partial charge in [-0.3, -0.25) is 14.6 Å². The topological polar surface area (TPSA) is 106 Å². The Morgan fingerprint density at radius 1 is 0.974 bits per heavy atom. The summed E-state index contributed by atoms with van der Waals surface area (Å²) in [4.78, 5) is 32.6. The number of hydrogen-bond acceptors (Lipinski definition) is 6. The number of H-pyrrole nitrogens is 1. The van der Waals surface area contributed by atoms with Crippen LogP contribution in [0, 0.1) is 0 Å². The van der Waals surface area contributed by atoms with Crippen molar-refractivity contribution in [1.82, 2.24) is 24.7 Å². The number of nitrogens with one attached hydrogen (secondary N) is 2. The fourth-order valence-corrected chi connectivity index (χ4v) is 3.89. The normalized spacial score (nSPS) is 13.0. The molecule has 0 amide bonds. The second kappa shape index (κ2) is 10.3. The highest BCUT2D eigenvalue weighted by Crippen LogP contribution is 2.32. The Morgan fingerprint density at radius 3 is 2.37 bits per heavy atom. The maximum absolute atomic E-state index is 13.2. The Bertz CT molecular complexity index is 1560. The summed E-state index contributed by atoms with van der Waals surface area (Å²) in [7, 11) is 0. The van der Waals surface area contributed by atoms with E-state index in [0.29, 0.717) is 35.6 Å². The lowest BCUT2D eigenvalue weighted by atomic mass is 10.1. The molecule has 0 saturated carbocycles. The van der Waals surface area contributed by atoms with Crippen LogP contribution in [0.5, 0.6) is 0 Å². The van der Waals surface area contributed by atoms with E-state index in [9.17, 15) is 35.9 Å². The third-order valence-corrected chi connectivity index (χ3v) is 5.76. The summed E-state index contributed by atoms with van der Waals surface area (Å²) in [5, 5.41) is 8.14. The van der Waals surface area contributed by atoms with Crippen LogP contribution in [0.4, 0.5) is 32.0 Å². The van der Waals surface area contributed by atoms with E-state index in [1.165, 1.54) is 29.0 Å². The fraction of sp³-hybridized carbons (Fsp3) is 0.292. The molecular weight excluding hydrogens is 518 g/mol. The van der Waals surface area contributed by atoms with E-state index in [1.807, 2.05) is 0 Å². The van der Waals surface area contributed by atoms with Crippen LogP contribution in [0.15, 0.2) is 58.5 Å². The monoisotopic (exact) mass is 538 g/mol. The predicted molar refractivity (Wildman–Crippen MR) is 126 cm³/mol. The number of rotatable bonds is 7. The first kappa shape index (κ1) is 26.8. The standard InChI is InChI=1S/C24H20F6N6O2/c1-13(33-19-12-32-35-21(37)20(19)24(28,29)30)3-2-9-36-10-8-16-15(22(36)38)5-7-18(34-16)17-6-4-14(11-31-17)23(25,26)27/h4-8,10-13H,2-3,9H2,1H3,(H2,33,35,37). The van der Waals surface area contributed by atoms with Crippen molar-refractivity contribution < 1.29 is 26.3 Å². The zero-order valence-corrected chi connectivity index (χ0v) is 19.7. The molecule has 0 saturated heterocycles. The van der Waals surface area contributed by atoms with Crippen LogP contribution in [-0.2, 0) is 18.9 Å². The highest BCUT2D eigenvalue weighted by molar-refractivity contribution is 5.80. The molecule has 4 aromatic rings. The molecule has 8 nitrogen and oxygen atoms in total. The molecule has 38 heavy (non-hydrogen) atoms. The predicted octanol–water partition coefficient (Wildman–Crippen LogP) is 4.86. The maximum atomic E-state index is 13.2. The van der Waals surface area contributed by atoms with Crippen LogP contribution >= 0.6 is 0 Å². The van der Waals surface area contributed by atoms with Crippen LogP contribution in [0.1, 0.15) is 30.9 Å². The van der Waals surface area contributed by atoms with Crippen molar-refractivity contribution in [2.24, 2.45) is 0 Å². The molecule has 0 bridgehead atoms. The molecule has 0 radical (unpaired) electrons. The number of hydrogen-bond donors (Lipinski definition) is 2. The summed E-state index contributed by atoms with van der Waals surface area (Å²) in [6, 6.07) is 6.23. The van der Waals surface area contributed by atoms with Gasteiger partial charge in [0.1, 0.15) is 5.56 Å². The molecule has 4 aromatic heterocycles. The van der Waals surface area contributed by atoms with Gasteiger partial charge in [-0.2, -0.15) is 31.4 Å². The van der Waals surface area contributed by atoms with Gasteiger partial charge in [0.25, 0.3) is 11.1 Å². The first-order valence-corrected chi connectivity index (χ1v) is 11.3. The number of pyridine rings is 3. The molecule has 2 N–H and O–H groups in total. The summed E-state index contributed by atoms with van der Waals surface area (Å²) in [5.74, 6) is 0. The molecule has 0 aliphatic rings. The largest absolute Gasteiger partial charge is 0.423 e. The minimum atomic E-state index is -4.85. The Balaban J connectivity index is 1.43. The maximum Gasteiger partial charge on any atom is 0.423 e. The zero-order chi connectivity index (χ0) is 27.7. The van der Waals surface area contributed by atoms with Crippen LogP contribution in [0.2, 0.25) is 0 Å². The number of anilines is 1. The van der Waals surface area contributed by atoms with Crippen molar-refractivity contribution in [3.63, 3.8) is 0 Å². The van der Waals surface area contributed by atoms with Crippen molar-refractivity contribution in [2.45, 2.75) is 44.7 Å². The molecule has 0 aliphatic heterocycles. The molecule has 1 unspecified atom stereocenters. The lowest BCUT2D eigenvalue weighted by Gasteiger charge is -2.18. The summed E-state index contributed by atoms with van der Waals surface area (Å²) in [6.07, 6.45) is -5.42. The average molecular weight is 538 g/mol. The summed E-state index contributed by atoms with van der Waals surface area (Å²) >= 11 is 0. The minimum Gasteiger partial charge on any atom is -0.381 e.